The van der Waals surface area contributed by atoms with Gasteiger partial charge in [0.1, 0.15) is 0 Å². The fourth-order valence-corrected chi connectivity index (χ4v) is 2.54. The van der Waals surface area contributed by atoms with Crippen LogP contribution < -0.4 is 5.32 Å². The summed E-state index contributed by atoms with van der Waals surface area (Å²) < 4.78 is 6.15. The molecule has 0 amide bonds. The number of rotatable bonds is 8. The molecule has 2 nitrogen and oxygen atoms in total. The molecule has 0 aliphatic carbocycles. The largest absolute Gasteiger partial charge is 0.382 e. The highest BCUT2D eigenvalue weighted by atomic mass is 35.5. The van der Waals surface area contributed by atoms with Gasteiger partial charge in [0.25, 0.3) is 0 Å². The molecule has 92 valence electrons. The van der Waals surface area contributed by atoms with Gasteiger partial charge in [-0.15, -0.1) is 11.3 Å². The minimum Gasteiger partial charge on any atom is -0.382 e. The second-order valence-electron chi connectivity index (χ2n) is 3.72. The first kappa shape index (κ1) is 14.0. The van der Waals surface area contributed by atoms with Crippen LogP contribution in [0.3, 0.4) is 0 Å². The quantitative estimate of drug-likeness (QED) is 0.718. The van der Waals surface area contributed by atoms with Crippen LogP contribution in [0.4, 0.5) is 0 Å². The van der Waals surface area contributed by atoms with E-state index in [0.29, 0.717) is 6.04 Å². The van der Waals surface area contributed by atoms with Crippen LogP contribution in [0, 0.1) is 0 Å². The summed E-state index contributed by atoms with van der Waals surface area (Å²) in [5.74, 6) is 0. The van der Waals surface area contributed by atoms with Gasteiger partial charge in [-0.1, -0.05) is 11.6 Å². The number of hydrogen-bond acceptors (Lipinski definition) is 3. The van der Waals surface area contributed by atoms with Crippen molar-refractivity contribution in [2.24, 2.45) is 0 Å². The minimum absolute atomic E-state index is 0.393. The zero-order valence-corrected chi connectivity index (χ0v) is 11.5. The van der Waals surface area contributed by atoms with Crippen molar-refractivity contribution in [3.05, 3.63) is 21.3 Å². The van der Waals surface area contributed by atoms with Crippen LogP contribution in [0.15, 0.2) is 12.1 Å². The number of halogens is 1. The minimum atomic E-state index is 0.393. The molecule has 1 rings (SSSR count). The highest BCUT2D eigenvalue weighted by Crippen LogP contribution is 2.26. The summed E-state index contributed by atoms with van der Waals surface area (Å²) in [5.41, 5.74) is 0. The molecule has 1 N–H and O–H groups in total. The maximum Gasteiger partial charge on any atom is 0.0931 e. The van der Waals surface area contributed by atoms with E-state index in [-0.39, 0.29) is 0 Å². The Balaban J connectivity index is 2.09. The van der Waals surface area contributed by atoms with Gasteiger partial charge in [-0.05, 0) is 45.4 Å². The van der Waals surface area contributed by atoms with Crippen LogP contribution >= 0.6 is 22.9 Å². The summed E-state index contributed by atoms with van der Waals surface area (Å²) in [7, 11) is 0. The molecule has 1 heterocycles. The number of unbranched alkanes of at least 4 members (excludes halogenated alkanes) is 1. The molecule has 0 spiro atoms. The number of ether oxygens (including phenoxy) is 1. The first-order valence-corrected chi connectivity index (χ1v) is 7.00. The maximum atomic E-state index is 5.90. The molecule has 0 saturated carbocycles. The van der Waals surface area contributed by atoms with Crippen molar-refractivity contribution in [1.29, 1.82) is 0 Å². The van der Waals surface area contributed by atoms with Crippen molar-refractivity contribution in [1.82, 2.24) is 5.32 Å². The predicted molar refractivity (Wildman–Crippen MR) is 71.5 cm³/mol. The summed E-state index contributed by atoms with van der Waals surface area (Å²) in [4.78, 5) is 1.30. The van der Waals surface area contributed by atoms with E-state index in [9.17, 15) is 0 Å². The lowest BCUT2D eigenvalue weighted by atomic mass is 10.2. The summed E-state index contributed by atoms with van der Waals surface area (Å²) in [5, 5.41) is 3.49. The number of hydrogen-bond donors (Lipinski definition) is 1. The van der Waals surface area contributed by atoms with Crippen molar-refractivity contribution >= 4 is 22.9 Å². The third kappa shape index (κ3) is 5.30. The lowest BCUT2D eigenvalue weighted by molar-refractivity contribution is 0.143. The Morgan fingerprint density at radius 2 is 2.25 bits per heavy atom. The fraction of sp³-hybridized carbons (Fsp3) is 0.667. The van der Waals surface area contributed by atoms with E-state index in [1.807, 2.05) is 13.0 Å². The number of nitrogens with one attached hydrogen (secondary N) is 1. The van der Waals surface area contributed by atoms with Crippen LogP contribution in [0.5, 0.6) is 0 Å². The average molecular weight is 262 g/mol. The lowest BCUT2D eigenvalue weighted by Gasteiger charge is -2.11. The molecule has 1 unspecified atom stereocenters. The standard InChI is InChI=1S/C12H20ClNOS/c1-3-15-9-5-4-8-14-10(2)11-6-7-12(13)16-11/h6-7,10,14H,3-5,8-9H2,1-2H3. The highest BCUT2D eigenvalue weighted by molar-refractivity contribution is 7.16. The Morgan fingerprint density at radius 3 is 2.88 bits per heavy atom. The topological polar surface area (TPSA) is 21.3 Å². The van der Waals surface area contributed by atoms with E-state index in [1.54, 1.807) is 11.3 Å². The van der Waals surface area contributed by atoms with E-state index in [0.717, 1.165) is 36.9 Å². The Morgan fingerprint density at radius 1 is 1.44 bits per heavy atom. The van der Waals surface area contributed by atoms with Crippen LogP contribution in [0.1, 0.15) is 37.6 Å². The van der Waals surface area contributed by atoms with Gasteiger partial charge in [0, 0.05) is 24.1 Å². The fourth-order valence-electron chi connectivity index (χ4n) is 1.45. The summed E-state index contributed by atoms with van der Waals surface area (Å²) >= 11 is 7.54. The first-order valence-electron chi connectivity index (χ1n) is 5.80. The van der Waals surface area contributed by atoms with Crippen LogP contribution in [0.2, 0.25) is 4.34 Å². The lowest BCUT2D eigenvalue weighted by Crippen LogP contribution is -2.19. The number of thiophene rings is 1. The van der Waals surface area contributed by atoms with Gasteiger partial charge in [-0.2, -0.15) is 0 Å². The molecule has 0 saturated heterocycles. The smallest absolute Gasteiger partial charge is 0.0931 e. The van der Waals surface area contributed by atoms with Crippen LogP contribution in [-0.2, 0) is 4.74 Å². The molecule has 1 atom stereocenters. The second-order valence-corrected chi connectivity index (χ2v) is 5.47. The summed E-state index contributed by atoms with van der Waals surface area (Å²) in [6.45, 7) is 6.92. The van der Waals surface area contributed by atoms with Crippen LogP contribution in [-0.4, -0.2) is 19.8 Å². The molecule has 1 aromatic heterocycles. The van der Waals surface area contributed by atoms with Crippen molar-refractivity contribution in [2.75, 3.05) is 19.8 Å². The van der Waals surface area contributed by atoms with Gasteiger partial charge in [0.15, 0.2) is 0 Å². The Labute approximate surface area is 107 Å². The molecule has 0 fully saturated rings. The third-order valence-electron chi connectivity index (χ3n) is 2.39. The van der Waals surface area contributed by atoms with Crippen molar-refractivity contribution < 1.29 is 4.74 Å². The zero-order valence-electron chi connectivity index (χ0n) is 9.96. The molecule has 0 aromatic carbocycles. The predicted octanol–water partition coefficient (Wildman–Crippen LogP) is 3.87. The van der Waals surface area contributed by atoms with Gasteiger partial charge in [-0.3, -0.25) is 0 Å². The Kier molecular flexibility index (Phi) is 7.05. The molecular formula is C12H20ClNOS. The van der Waals surface area contributed by atoms with Gasteiger partial charge in [0.2, 0.25) is 0 Å². The van der Waals surface area contributed by atoms with Crippen molar-refractivity contribution in [3.63, 3.8) is 0 Å². The third-order valence-corrected chi connectivity index (χ3v) is 3.80. The summed E-state index contributed by atoms with van der Waals surface area (Å²) in [6, 6.07) is 4.43. The molecule has 4 heteroatoms. The molecule has 16 heavy (non-hydrogen) atoms. The van der Waals surface area contributed by atoms with Gasteiger partial charge < -0.3 is 10.1 Å². The summed E-state index contributed by atoms with van der Waals surface area (Å²) in [6.07, 6.45) is 2.28. The van der Waals surface area contributed by atoms with E-state index in [1.165, 1.54) is 4.88 Å². The highest BCUT2D eigenvalue weighted by Gasteiger charge is 2.06. The van der Waals surface area contributed by atoms with Crippen LogP contribution in [0.25, 0.3) is 0 Å². The Bertz CT molecular complexity index is 290. The Hall–Kier alpha value is -0.0900. The monoisotopic (exact) mass is 261 g/mol. The van der Waals surface area contributed by atoms with Gasteiger partial charge >= 0.3 is 0 Å². The molecule has 1 aromatic rings. The SMILES string of the molecule is CCOCCCCNC(C)c1ccc(Cl)s1. The van der Waals surface area contributed by atoms with Gasteiger partial charge in [0.05, 0.1) is 4.34 Å². The molecular weight excluding hydrogens is 242 g/mol. The molecule has 0 bridgehead atoms. The second kappa shape index (κ2) is 8.07. The maximum absolute atomic E-state index is 5.90. The van der Waals surface area contributed by atoms with E-state index in [2.05, 4.69) is 18.3 Å². The molecule has 0 aliphatic rings. The van der Waals surface area contributed by atoms with Crippen molar-refractivity contribution in [3.8, 4) is 0 Å². The van der Waals surface area contributed by atoms with E-state index >= 15 is 0 Å². The van der Waals surface area contributed by atoms with E-state index < -0.39 is 0 Å². The average Bonchev–Trinajstić information content (AvgIpc) is 2.70. The molecule has 0 aliphatic heterocycles. The first-order chi connectivity index (χ1) is 7.74. The zero-order chi connectivity index (χ0) is 11.8. The normalized spacial score (nSPS) is 12.9. The van der Waals surface area contributed by atoms with Gasteiger partial charge in [-0.25, -0.2) is 0 Å². The van der Waals surface area contributed by atoms with Crippen molar-refractivity contribution in [2.45, 2.75) is 32.7 Å². The molecule has 0 radical (unpaired) electrons. The van der Waals surface area contributed by atoms with E-state index in [4.69, 9.17) is 16.3 Å².